The van der Waals surface area contributed by atoms with E-state index >= 15 is 0 Å². The van der Waals surface area contributed by atoms with Crippen LogP contribution in [0.3, 0.4) is 0 Å². The Hall–Kier alpha value is -1.31. The first kappa shape index (κ1) is 9.25. The molecule has 2 rings (SSSR count). The summed E-state index contributed by atoms with van der Waals surface area (Å²) in [6.07, 6.45) is 5.02. The third-order valence-corrected chi connectivity index (χ3v) is 2.79. The van der Waals surface area contributed by atoms with Gasteiger partial charge in [0.1, 0.15) is 0 Å². The molecule has 1 aromatic carbocycles. The monoisotopic (exact) mass is 188 g/mol. The maximum absolute atomic E-state index is 11.3. The Morgan fingerprint density at radius 2 is 2.14 bits per heavy atom. The summed E-state index contributed by atoms with van der Waals surface area (Å²) in [6, 6.07) is 8.09. The quantitative estimate of drug-likeness (QED) is 0.671. The van der Waals surface area contributed by atoms with E-state index in [9.17, 15) is 4.79 Å². The zero-order valence-corrected chi connectivity index (χ0v) is 8.07. The average molecular weight is 188 g/mol. The molecule has 2 nitrogen and oxygen atoms in total. The van der Waals surface area contributed by atoms with E-state index < -0.39 is 0 Å². The second kappa shape index (κ2) is 3.82. The smallest absolute Gasteiger partial charge is 0.224 e. The first-order valence-corrected chi connectivity index (χ1v) is 4.98. The van der Waals surface area contributed by atoms with Crippen molar-refractivity contribution in [2.75, 3.05) is 0 Å². The second-order valence-corrected chi connectivity index (χ2v) is 3.72. The Balaban J connectivity index is 2.42. The minimum atomic E-state index is -0.212. The maximum Gasteiger partial charge on any atom is 0.224 e. The molecule has 0 spiro atoms. The fraction of sp³-hybridized carbons (Fsp3) is 0.333. The van der Waals surface area contributed by atoms with Gasteiger partial charge in [-0.2, -0.15) is 0 Å². The zero-order valence-electron chi connectivity index (χ0n) is 8.07. The lowest BCUT2D eigenvalue weighted by Gasteiger charge is -2.13. The normalized spacial score (nSPS) is 21.0. The number of primary amides is 1. The highest BCUT2D eigenvalue weighted by Gasteiger charge is 2.22. The topological polar surface area (TPSA) is 43.1 Å². The molecule has 14 heavy (non-hydrogen) atoms. The van der Waals surface area contributed by atoms with Crippen LogP contribution in [-0.4, -0.2) is 5.91 Å². The van der Waals surface area contributed by atoms with Crippen molar-refractivity contribution in [3.8, 4) is 0 Å². The number of carbonyl (C=O) groups is 1. The van der Waals surface area contributed by atoms with Crippen LogP contribution < -0.4 is 5.73 Å². The molecule has 0 aromatic heterocycles. The summed E-state index contributed by atoms with van der Waals surface area (Å²) in [5.41, 5.74) is 7.78. The minimum Gasteiger partial charge on any atom is -0.369 e. The van der Waals surface area contributed by atoms with Gasteiger partial charge in [-0.05, 0) is 36.8 Å². The number of carbonyl (C=O) groups excluding carboxylic acids is 1. The van der Waals surface area contributed by atoms with E-state index in [1.54, 1.807) is 0 Å². The molecule has 73 valence electrons. The van der Waals surface area contributed by atoms with Gasteiger partial charge in [-0.15, -0.1) is 0 Å². The molecule has 1 unspecified atom stereocenters. The van der Waals surface area contributed by atoms with Crippen LogP contribution in [0, 0.1) is 6.42 Å². The van der Waals surface area contributed by atoms with Gasteiger partial charge in [-0.1, -0.05) is 24.3 Å². The number of rotatable bonds is 1. The molecule has 1 amide bonds. The highest BCUT2D eigenvalue weighted by atomic mass is 16.1. The number of benzene rings is 1. The fourth-order valence-corrected chi connectivity index (χ4v) is 2.04. The van der Waals surface area contributed by atoms with Gasteiger partial charge >= 0.3 is 0 Å². The van der Waals surface area contributed by atoms with Crippen LogP contribution >= 0.6 is 0 Å². The first-order chi connectivity index (χ1) is 6.79. The standard InChI is InChI=1S/C12H14NO/c13-12(14)11-8-4-2-6-9-5-1-3-7-10(9)11/h1,3-5,7,11H,2,6,8H2,(H2,13,14). The van der Waals surface area contributed by atoms with E-state index in [1.165, 1.54) is 5.56 Å². The summed E-state index contributed by atoms with van der Waals surface area (Å²) in [5, 5.41) is 0. The summed E-state index contributed by atoms with van der Waals surface area (Å²) in [7, 11) is 0. The minimum absolute atomic E-state index is 0.117. The third kappa shape index (κ3) is 1.65. The van der Waals surface area contributed by atoms with Gasteiger partial charge in [-0.25, -0.2) is 0 Å². The van der Waals surface area contributed by atoms with Crippen LogP contribution in [0.25, 0.3) is 0 Å². The van der Waals surface area contributed by atoms with Gasteiger partial charge < -0.3 is 5.73 Å². The Morgan fingerprint density at radius 3 is 2.93 bits per heavy atom. The summed E-state index contributed by atoms with van der Waals surface area (Å²) in [6.45, 7) is 0. The predicted octanol–water partition coefficient (Wildman–Crippen LogP) is 1.80. The second-order valence-electron chi connectivity index (χ2n) is 3.72. The third-order valence-electron chi connectivity index (χ3n) is 2.79. The van der Waals surface area contributed by atoms with Gasteiger partial charge in [-0.3, -0.25) is 4.79 Å². The highest BCUT2D eigenvalue weighted by molar-refractivity contribution is 5.82. The van der Waals surface area contributed by atoms with E-state index in [-0.39, 0.29) is 11.8 Å². The molecule has 0 saturated heterocycles. The molecule has 0 heterocycles. The van der Waals surface area contributed by atoms with Crippen LogP contribution in [-0.2, 0) is 11.2 Å². The van der Waals surface area contributed by atoms with Crippen molar-refractivity contribution < 1.29 is 4.79 Å². The van der Waals surface area contributed by atoms with Crippen LogP contribution in [0.4, 0.5) is 0 Å². The molecule has 0 bridgehead atoms. The van der Waals surface area contributed by atoms with E-state index in [2.05, 4.69) is 12.5 Å². The van der Waals surface area contributed by atoms with Crippen molar-refractivity contribution >= 4 is 5.91 Å². The number of aryl methyl sites for hydroxylation is 1. The van der Waals surface area contributed by atoms with Crippen LogP contribution in [0.1, 0.15) is 29.9 Å². The molecular formula is C12H14NO. The van der Waals surface area contributed by atoms with Gasteiger partial charge in [0.25, 0.3) is 0 Å². The highest BCUT2D eigenvalue weighted by Crippen LogP contribution is 2.29. The van der Waals surface area contributed by atoms with E-state index in [4.69, 9.17) is 5.73 Å². The number of hydrogen-bond acceptors (Lipinski definition) is 1. The Kier molecular flexibility index (Phi) is 2.53. The van der Waals surface area contributed by atoms with Gasteiger partial charge in [0.15, 0.2) is 0 Å². The summed E-state index contributed by atoms with van der Waals surface area (Å²) >= 11 is 0. The Morgan fingerprint density at radius 1 is 1.36 bits per heavy atom. The Labute approximate surface area is 84.1 Å². The van der Waals surface area contributed by atoms with Crippen LogP contribution in [0.2, 0.25) is 0 Å². The van der Waals surface area contributed by atoms with Crippen molar-refractivity contribution in [1.82, 2.24) is 0 Å². The summed E-state index contributed by atoms with van der Waals surface area (Å²) in [4.78, 5) is 11.3. The van der Waals surface area contributed by atoms with E-state index in [1.807, 2.05) is 18.2 Å². The molecule has 2 heteroatoms. The van der Waals surface area contributed by atoms with Gasteiger partial charge in [0, 0.05) is 0 Å². The van der Waals surface area contributed by atoms with Crippen molar-refractivity contribution in [2.24, 2.45) is 5.73 Å². The van der Waals surface area contributed by atoms with Crippen molar-refractivity contribution in [3.05, 3.63) is 41.8 Å². The van der Waals surface area contributed by atoms with Gasteiger partial charge in [0.05, 0.1) is 5.92 Å². The predicted molar refractivity (Wildman–Crippen MR) is 55.6 cm³/mol. The summed E-state index contributed by atoms with van der Waals surface area (Å²) < 4.78 is 0. The molecule has 0 saturated carbocycles. The lowest BCUT2D eigenvalue weighted by Crippen LogP contribution is -2.21. The largest absolute Gasteiger partial charge is 0.369 e. The summed E-state index contributed by atoms with van der Waals surface area (Å²) in [5.74, 6) is -0.329. The molecule has 0 fully saturated rings. The van der Waals surface area contributed by atoms with Crippen molar-refractivity contribution in [3.63, 3.8) is 0 Å². The SMILES string of the molecule is NC(=O)C1C[CH]CCc2ccccc21. The number of nitrogens with two attached hydrogens (primary N) is 1. The molecule has 2 N–H and O–H groups in total. The van der Waals surface area contributed by atoms with E-state index in [0.29, 0.717) is 0 Å². The van der Waals surface area contributed by atoms with E-state index in [0.717, 1.165) is 24.8 Å². The molecule has 1 atom stereocenters. The maximum atomic E-state index is 11.3. The van der Waals surface area contributed by atoms with Gasteiger partial charge in [0.2, 0.25) is 5.91 Å². The lowest BCUT2D eigenvalue weighted by molar-refractivity contribution is -0.119. The molecule has 1 radical (unpaired) electrons. The molecular weight excluding hydrogens is 174 g/mol. The fourth-order valence-electron chi connectivity index (χ4n) is 2.04. The average Bonchev–Trinajstić information content (AvgIpc) is 2.39. The number of hydrogen-bond donors (Lipinski definition) is 1. The lowest BCUT2D eigenvalue weighted by atomic mass is 9.92. The number of amides is 1. The van der Waals surface area contributed by atoms with Crippen LogP contribution in [0.5, 0.6) is 0 Å². The molecule has 1 aliphatic rings. The Bertz CT molecular complexity index is 346. The van der Waals surface area contributed by atoms with Crippen LogP contribution in [0.15, 0.2) is 24.3 Å². The zero-order chi connectivity index (χ0) is 9.97. The number of fused-ring (bicyclic) bond motifs is 1. The molecule has 0 aliphatic heterocycles. The molecule has 1 aliphatic carbocycles. The first-order valence-electron chi connectivity index (χ1n) is 4.98. The van der Waals surface area contributed by atoms with Crippen molar-refractivity contribution in [1.29, 1.82) is 0 Å². The van der Waals surface area contributed by atoms with Crippen molar-refractivity contribution in [2.45, 2.75) is 25.2 Å². The molecule has 1 aromatic rings.